The van der Waals surface area contributed by atoms with Gasteiger partial charge in [0.1, 0.15) is 0 Å². The van der Waals surface area contributed by atoms with Gasteiger partial charge in [-0.3, -0.25) is 0 Å². The maximum absolute atomic E-state index is 5.77. The third-order valence-corrected chi connectivity index (χ3v) is 3.85. The number of nitrogens with one attached hydrogen (secondary N) is 1. The molecule has 0 saturated heterocycles. The van der Waals surface area contributed by atoms with Crippen LogP contribution in [-0.4, -0.2) is 13.7 Å². The van der Waals surface area contributed by atoms with E-state index in [1.54, 1.807) is 7.11 Å². The van der Waals surface area contributed by atoms with Crippen LogP contribution in [0.5, 0.6) is 11.5 Å². The van der Waals surface area contributed by atoms with Gasteiger partial charge in [-0.15, -0.1) is 0 Å². The van der Waals surface area contributed by atoms with E-state index in [9.17, 15) is 0 Å². The number of hydrogen-bond acceptors (Lipinski definition) is 3. The molecule has 0 saturated carbocycles. The van der Waals surface area contributed by atoms with E-state index in [-0.39, 0.29) is 0 Å². The first-order chi connectivity index (χ1) is 11.1. The van der Waals surface area contributed by atoms with Crippen molar-refractivity contribution in [1.82, 2.24) is 0 Å². The molecule has 2 aromatic carbocycles. The lowest BCUT2D eigenvalue weighted by Gasteiger charge is -2.14. The van der Waals surface area contributed by atoms with Gasteiger partial charge >= 0.3 is 0 Å². The van der Waals surface area contributed by atoms with Crippen LogP contribution in [0.4, 0.5) is 5.69 Å². The van der Waals surface area contributed by atoms with E-state index in [4.69, 9.17) is 9.47 Å². The van der Waals surface area contributed by atoms with E-state index in [1.807, 2.05) is 12.1 Å². The Morgan fingerprint density at radius 2 is 1.83 bits per heavy atom. The lowest BCUT2D eigenvalue weighted by molar-refractivity contribution is 0.288. The fourth-order valence-corrected chi connectivity index (χ4v) is 2.48. The molecule has 3 nitrogen and oxygen atoms in total. The largest absolute Gasteiger partial charge is 0.493 e. The highest BCUT2D eigenvalue weighted by atomic mass is 16.5. The highest BCUT2D eigenvalue weighted by Gasteiger charge is 2.06. The summed E-state index contributed by atoms with van der Waals surface area (Å²) < 4.78 is 11.2. The molecule has 2 aromatic rings. The van der Waals surface area contributed by atoms with Gasteiger partial charge in [-0.1, -0.05) is 37.1 Å². The Morgan fingerprint density at radius 1 is 1.00 bits per heavy atom. The maximum Gasteiger partial charge on any atom is 0.161 e. The third kappa shape index (κ3) is 4.92. The molecule has 0 atom stereocenters. The van der Waals surface area contributed by atoms with Crippen molar-refractivity contribution in [1.29, 1.82) is 0 Å². The third-order valence-electron chi connectivity index (χ3n) is 3.85. The van der Waals surface area contributed by atoms with Crippen LogP contribution in [0.2, 0.25) is 0 Å². The Bertz CT molecular complexity index is 638. The lowest BCUT2D eigenvalue weighted by atomic mass is 10.1. The number of ether oxygens (including phenoxy) is 2. The van der Waals surface area contributed by atoms with Crippen LogP contribution in [-0.2, 0) is 6.54 Å². The highest BCUT2D eigenvalue weighted by Crippen LogP contribution is 2.29. The molecule has 0 heterocycles. The number of benzene rings is 2. The second kappa shape index (κ2) is 8.47. The van der Waals surface area contributed by atoms with Crippen LogP contribution >= 0.6 is 0 Å². The summed E-state index contributed by atoms with van der Waals surface area (Å²) in [5.74, 6) is 1.61. The molecule has 2 rings (SSSR count). The van der Waals surface area contributed by atoms with E-state index in [2.05, 4.69) is 50.4 Å². The predicted molar refractivity (Wildman–Crippen MR) is 96.6 cm³/mol. The Hall–Kier alpha value is -2.16. The van der Waals surface area contributed by atoms with E-state index >= 15 is 0 Å². The summed E-state index contributed by atoms with van der Waals surface area (Å²) in [6, 6.07) is 12.6. The number of aryl methyl sites for hydroxylation is 2. The average Bonchev–Trinajstić information content (AvgIpc) is 2.55. The van der Waals surface area contributed by atoms with Gasteiger partial charge in [0.05, 0.1) is 13.7 Å². The molecular weight excluding hydrogens is 286 g/mol. The molecular formula is C20H27NO2. The first-order valence-electron chi connectivity index (χ1n) is 8.25. The summed E-state index contributed by atoms with van der Waals surface area (Å²) in [5, 5.41) is 3.48. The smallest absolute Gasteiger partial charge is 0.161 e. The van der Waals surface area contributed by atoms with Crippen molar-refractivity contribution in [3.8, 4) is 11.5 Å². The minimum atomic E-state index is 0.729. The van der Waals surface area contributed by atoms with Gasteiger partial charge in [-0.05, 0) is 49.6 Å². The predicted octanol–water partition coefficient (Wildman–Crippen LogP) is 5.10. The summed E-state index contributed by atoms with van der Waals surface area (Å²) in [4.78, 5) is 0. The van der Waals surface area contributed by atoms with E-state index in [0.29, 0.717) is 0 Å². The SMILES string of the molecule is CCCCOc1ccc(CNc2ccc(C)cc2C)cc1OC. The van der Waals surface area contributed by atoms with Crippen LogP contribution in [0.1, 0.15) is 36.5 Å². The monoisotopic (exact) mass is 313 g/mol. The first kappa shape index (κ1) is 17.2. The molecule has 0 radical (unpaired) electrons. The molecule has 0 amide bonds. The van der Waals surface area contributed by atoms with Crippen molar-refractivity contribution in [3.63, 3.8) is 0 Å². The van der Waals surface area contributed by atoms with E-state index in [0.717, 1.165) is 43.2 Å². The second-order valence-electron chi connectivity index (χ2n) is 5.86. The van der Waals surface area contributed by atoms with E-state index in [1.165, 1.54) is 16.7 Å². The molecule has 1 N–H and O–H groups in total. The standard InChI is InChI=1S/C20H27NO2/c1-5-6-11-23-19-10-8-17(13-20(19)22-4)14-21-18-9-7-15(2)12-16(18)3/h7-10,12-13,21H,5-6,11,14H2,1-4H3. The number of methoxy groups -OCH3 is 1. The Morgan fingerprint density at radius 3 is 2.52 bits per heavy atom. The van der Waals surface area contributed by atoms with Gasteiger partial charge < -0.3 is 14.8 Å². The fraction of sp³-hybridized carbons (Fsp3) is 0.400. The quantitative estimate of drug-likeness (QED) is 0.687. The van der Waals surface area contributed by atoms with Gasteiger partial charge in [0.2, 0.25) is 0 Å². The molecule has 0 aliphatic rings. The Labute approximate surface area is 139 Å². The Balaban J connectivity index is 2.02. The van der Waals surface area contributed by atoms with Crippen LogP contribution in [0.15, 0.2) is 36.4 Å². The molecule has 0 spiro atoms. The molecule has 0 unspecified atom stereocenters. The van der Waals surface area contributed by atoms with Crippen molar-refractivity contribution < 1.29 is 9.47 Å². The van der Waals surface area contributed by atoms with Crippen molar-refractivity contribution >= 4 is 5.69 Å². The number of hydrogen-bond donors (Lipinski definition) is 1. The van der Waals surface area contributed by atoms with Crippen molar-refractivity contribution in [2.75, 3.05) is 19.0 Å². The molecule has 0 aliphatic carbocycles. The molecule has 0 aromatic heterocycles. The summed E-state index contributed by atoms with van der Waals surface area (Å²) in [6.07, 6.45) is 2.18. The molecule has 0 fully saturated rings. The average molecular weight is 313 g/mol. The summed E-state index contributed by atoms with van der Waals surface area (Å²) in [5.41, 5.74) is 4.88. The molecule has 23 heavy (non-hydrogen) atoms. The second-order valence-corrected chi connectivity index (χ2v) is 5.86. The van der Waals surface area contributed by atoms with Gasteiger partial charge in [-0.25, -0.2) is 0 Å². The Kier molecular flexibility index (Phi) is 6.33. The van der Waals surface area contributed by atoms with Crippen molar-refractivity contribution in [2.24, 2.45) is 0 Å². The summed E-state index contributed by atoms with van der Waals surface area (Å²) in [7, 11) is 1.68. The summed E-state index contributed by atoms with van der Waals surface area (Å²) in [6.45, 7) is 7.88. The van der Waals surface area contributed by atoms with Gasteiger partial charge in [0.15, 0.2) is 11.5 Å². The lowest BCUT2D eigenvalue weighted by Crippen LogP contribution is -2.03. The maximum atomic E-state index is 5.77. The normalized spacial score (nSPS) is 10.4. The van der Waals surface area contributed by atoms with Crippen LogP contribution < -0.4 is 14.8 Å². The summed E-state index contributed by atoms with van der Waals surface area (Å²) >= 11 is 0. The van der Waals surface area contributed by atoms with Gasteiger partial charge in [0, 0.05) is 12.2 Å². The topological polar surface area (TPSA) is 30.5 Å². The van der Waals surface area contributed by atoms with Crippen LogP contribution in [0, 0.1) is 13.8 Å². The fourth-order valence-electron chi connectivity index (χ4n) is 2.48. The minimum absolute atomic E-state index is 0.729. The van der Waals surface area contributed by atoms with Gasteiger partial charge in [-0.2, -0.15) is 0 Å². The van der Waals surface area contributed by atoms with Crippen molar-refractivity contribution in [2.45, 2.75) is 40.2 Å². The van der Waals surface area contributed by atoms with Crippen LogP contribution in [0.3, 0.4) is 0 Å². The first-order valence-corrected chi connectivity index (χ1v) is 8.25. The molecule has 3 heteroatoms. The number of rotatable bonds is 8. The van der Waals surface area contributed by atoms with E-state index < -0.39 is 0 Å². The zero-order chi connectivity index (χ0) is 16.7. The molecule has 124 valence electrons. The molecule has 0 bridgehead atoms. The zero-order valence-corrected chi connectivity index (χ0v) is 14.6. The number of anilines is 1. The van der Waals surface area contributed by atoms with Crippen molar-refractivity contribution in [3.05, 3.63) is 53.1 Å². The highest BCUT2D eigenvalue weighted by molar-refractivity contribution is 5.53. The minimum Gasteiger partial charge on any atom is -0.493 e. The molecule has 0 aliphatic heterocycles. The van der Waals surface area contributed by atoms with Crippen LogP contribution in [0.25, 0.3) is 0 Å². The van der Waals surface area contributed by atoms with Gasteiger partial charge in [0.25, 0.3) is 0 Å². The zero-order valence-electron chi connectivity index (χ0n) is 14.6. The number of unbranched alkanes of at least 4 members (excludes halogenated alkanes) is 1.